The third kappa shape index (κ3) is 3.83. The number of benzene rings is 1. The van der Waals surface area contributed by atoms with Crippen molar-refractivity contribution in [2.75, 3.05) is 6.54 Å². The van der Waals surface area contributed by atoms with E-state index in [9.17, 15) is 9.90 Å². The van der Waals surface area contributed by atoms with Crippen molar-refractivity contribution in [2.24, 2.45) is 5.41 Å². The average Bonchev–Trinajstić information content (AvgIpc) is 2.71. The van der Waals surface area contributed by atoms with Crippen LogP contribution >= 0.6 is 0 Å². The first-order valence-corrected chi connectivity index (χ1v) is 7.63. The number of carbonyl (C=O) groups is 1. The van der Waals surface area contributed by atoms with Gasteiger partial charge < -0.3 is 10.4 Å². The smallest absolute Gasteiger partial charge is 0.226 e. The Morgan fingerprint density at radius 2 is 1.80 bits per heavy atom. The summed E-state index contributed by atoms with van der Waals surface area (Å²) in [6.07, 6.45) is 6.01. The van der Waals surface area contributed by atoms with Crippen molar-refractivity contribution in [1.29, 1.82) is 0 Å². The molecule has 1 amide bonds. The van der Waals surface area contributed by atoms with Gasteiger partial charge in [-0.1, -0.05) is 62.9 Å². The van der Waals surface area contributed by atoms with Crippen molar-refractivity contribution in [1.82, 2.24) is 5.32 Å². The van der Waals surface area contributed by atoms with Gasteiger partial charge in [-0.3, -0.25) is 4.79 Å². The van der Waals surface area contributed by atoms with E-state index in [2.05, 4.69) is 12.2 Å². The van der Waals surface area contributed by atoms with E-state index in [0.717, 1.165) is 31.2 Å². The standard InChI is InChI=1S/C17H25NO2/c1-17(11-7-2-3-8-12-17)16(20)18-13-15(19)14-9-5-4-6-10-14/h4-6,9-10,15,19H,2-3,7-8,11-13H2,1H3,(H,18,20). The molecule has 1 aliphatic carbocycles. The number of hydrogen-bond donors (Lipinski definition) is 2. The van der Waals surface area contributed by atoms with E-state index in [-0.39, 0.29) is 11.3 Å². The molecule has 1 saturated carbocycles. The topological polar surface area (TPSA) is 49.3 Å². The molecule has 1 aromatic carbocycles. The summed E-state index contributed by atoms with van der Waals surface area (Å²) in [7, 11) is 0. The molecule has 110 valence electrons. The number of aliphatic hydroxyl groups is 1. The molecule has 20 heavy (non-hydrogen) atoms. The number of hydrogen-bond acceptors (Lipinski definition) is 2. The molecule has 1 fully saturated rings. The molecule has 0 spiro atoms. The molecule has 0 bridgehead atoms. The molecule has 0 aromatic heterocycles. The Balaban J connectivity index is 1.88. The number of carbonyl (C=O) groups excluding carboxylic acids is 1. The van der Waals surface area contributed by atoms with E-state index in [4.69, 9.17) is 0 Å². The minimum atomic E-state index is -0.630. The van der Waals surface area contributed by atoms with Crippen LogP contribution in [0.1, 0.15) is 57.1 Å². The van der Waals surface area contributed by atoms with Crippen LogP contribution in [0.3, 0.4) is 0 Å². The number of aliphatic hydroxyl groups excluding tert-OH is 1. The Hall–Kier alpha value is -1.35. The van der Waals surface area contributed by atoms with E-state index < -0.39 is 6.10 Å². The molecule has 0 aliphatic heterocycles. The van der Waals surface area contributed by atoms with Gasteiger partial charge in [0.25, 0.3) is 0 Å². The zero-order chi connectivity index (χ0) is 14.4. The predicted octanol–water partition coefficient (Wildman–Crippen LogP) is 3.20. The molecule has 3 nitrogen and oxygen atoms in total. The van der Waals surface area contributed by atoms with Crippen molar-refractivity contribution in [3.05, 3.63) is 35.9 Å². The van der Waals surface area contributed by atoms with Crippen LogP contribution in [0, 0.1) is 5.41 Å². The van der Waals surface area contributed by atoms with Crippen LogP contribution in [0.2, 0.25) is 0 Å². The van der Waals surface area contributed by atoms with Gasteiger partial charge in [0.05, 0.1) is 6.10 Å². The third-order valence-electron chi connectivity index (χ3n) is 4.40. The lowest BCUT2D eigenvalue weighted by atomic mass is 9.81. The van der Waals surface area contributed by atoms with Crippen LogP contribution in [-0.4, -0.2) is 17.6 Å². The Kier molecular flexibility index (Phi) is 5.18. The van der Waals surface area contributed by atoms with Crippen molar-refractivity contribution < 1.29 is 9.90 Å². The van der Waals surface area contributed by atoms with E-state index in [0.29, 0.717) is 6.54 Å². The van der Waals surface area contributed by atoms with Crippen LogP contribution in [0.25, 0.3) is 0 Å². The van der Waals surface area contributed by atoms with Crippen LogP contribution < -0.4 is 5.32 Å². The first kappa shape index (κ1) is 15.0. The fraction of sp³-hybridized carbons (Fsp3) is 0.588. The van der Waals surface area contributed by atoms with Gasteiger partial charge in [-0.05, 0) is 18.4 Å². The fourth-order valence-electron chi connectivity index (χ4n) is 2.93. The highest BCUT2D eigenvalue weighted by Gasteiger charge is 2.33. The zero-order valence-corrected chi connectivity index (χ0v) is 12.3. The number of nitrogens with one attached hydrogen (secondary N) is 1. The maximum atomic E-state index is 12.4. The van der Waals surface area contributed by atoms with Gasteiger partial charge in [-0.25, -0.2) is 0 Å². The molecular weight excluding hydrogens is 250 g/mol. The maximum Gasteiger partial charge on any atom is 0.226 e. The van der Waals surface area contributed by atoms with Gasteiger partial charge in [-0.15, -0.1) is 0 Å². The van der Waals surface area contributed by atoms with E-state index in [1.54, 1.807) is 0 Å². The van der Waals surface area contributed by atoms with Crippen molar-refractivity contribution >= 4 is 5.91 Å². The van der Waals surface area contributed by atoms with Crippen LogP contribution in [0.5, 0.6) is 0 Å². The van der Waals surface area contributed by atoms with Gasteiger partial charge in [0, 0.05) is 12.0 Å². The van der Waals surface area contributed by atoms with E-state index >= 15 is 0 Å². The molecule has 1 atom stereocenters. The molecule has 1 aliphatic rings. The molecular formula is C17H25NO2. The number of amides is 1. The highest BCUT2D eigenvalue weighted by atomic mass is 16.3. The third-order valence-corrected chi connectivity index (χ3v) is 4.40. The van der Waals surface area contributed by atoms with Crippen molar-refractivity contribution in [2.45, 2.75) is 51.6 Å². The largest absolute Gasteiger partial charge is 0.387 e. The summed E-state index contributed by atoms with van der Waals surface area (Å²) in [5.74, 6) is 0.0920. The second-order valence-electron chi connectivity index (χ2n) is 6.11. The lowest BCUT2D eigenvalue weighted by Crippen LogP contribution is -2.40. The monoisotopic (exact) mass is 275 g/mol. The molecule has 1 aromatic rings. The molecule has 3 heteroatoms. The summed E-state index contributed by atoms with van der Waals surface area (Å²) in [6, 6.07) is 9.47. The van der Waals surface area contributed by atoms with Crippen molar-refractivity contribution in [3.8, 4) is 0 Å². The minimum Gasteiger partial charge on any atom is -0.387 e. The Morgan fingerprint density at radius 3 is 2.40 bits per heavy atom. The zero-order valence-electron chi connectivity index (χ0n) is 12.3. The van der Waals surface area contributed by atoms with E-state index in [1.807, 2.05) is 30.3 Å². The maximum absolute atomic E-state index is 12.4. The van der Waals surface area contributed by atoms with E-state index in [1.165, 1.54) is 12.8 Å². The quantitative estimate of drug-likeness (QED) is 0.829. The summed E-state index contributed by atoms with van der Waals surface area (Å²) in [5.41, 5.74) is 0.589. The first-order valence-electron chi connectivity index (χ1n) is 7.63. The number of rotatable bonds is 4. The lowest BCUT2D eigenvalue weighted by Gasteiger charge is -2.27. The minimum absolute atomic E-state index is 0.0920. The van der Waals surface area contributed by atoms with Crippen molar-refractivity contribution in [3.63, 3.8) is 0 Å². The summed E-state index contributed by atoms with van der Waals surface area (Å²) in [6.45, 7) is 2.35. The van der Waals surface area contributed by atoms with Crippen LogP contribution in [0.15, 0.2) is 30.3 Å². The highest BCUT2D eigenvalue weighted by Crippen LogP contribution is 2.34. The molecule has 0 radical (unpaired) electrons. The predicted molar refractivity (Wildman–Crippen MR) is 80.2 cm³/mol. The Bertz CT molecular complexity index is 422. The highest BCUT2D eigenvalue weighted by molar-refractivity contribution is 5.82. The van der Waals surface area contributed by atoms with Gasteiger partial charge >= 0.3 is 0 Å². The van der Waals surface area contributed by atoms with Gasteiger partial charge in [0.15, 0.2) is 0 Å². The van der Waals surface area contributed by atoms with Gasteiger partial charge in [0.1, 0.15) is 0 Å². The molecule has 0 heterocycles. The second kappa shape index (κ2) is 6.89. The summed E-state index contributed by atoms with van der Waals surface area (Å²) in [4.78, 5) is 12.4. The van der Waals surface area contributed by atoms with Gasteiger partial charge in [0.2, 0.25) is 5.91 Å². The Morgan fingerprint density at radius 1 is 1.20 bits per heavy atom. The SMILES string of the molecule is CC1(C(=O)NCC(O)c2ccccc2)CCCCCC1. The molecule has 2 rings (SSSR count). The first-order chi connectivity index (χ1) is 9.62. The normalized spacial score (nSPS) is 19.9. The molecule has 1 unspecified atom stereocenters. The second-order valence-corrected chi connectivity index (χ2v) is 6.11. The van der Waals surface area contributed by atoms with Crippen LogP contribution in [0.4, 0.5) is 0 Å². The molecule has 0 saturated heterocycles. The molecule has 2 N–H and O–H groups in total. The fourth-order valence-corrected chi connectivity index (χ4v) is 2.93. The lowest BCUT2D eigenvalue weighted by molar-refractivity contribution is -0.131. The Labute approximate surface area is 121 Å². The summed E-state index contributed by atoms with van der Waals surface area (Å²) < 4.78 is 0. The average molecular weight is 275 g/mol. The summed E-state index contributed by atoms with van der Waals surface area (Å²) >= 11 is 0. The van der Waals surface area contributed by atoms with Gasteiger partial charge in [-0.2, -0.15) is 0 Å². The van der Waals surface area contributed by atoms with Crippen LogP contribution in [-0.2, 0) is 4.79 Å². The summed E-state index contributed by atoms with van der Waals surface area (Å²) in [5, 5.41) is 13.0.